The monoisotopic (exact) mass is 400 g/mol. The second-order valence-corrected chi connectivity index (χ2v) is 10.0. The molecule has 4 heterocycles. The van der Waals surface area contributed by atoms with Crippen LogP contribution in [0.5, 0.6) is 0 Å². The lowest BCUT2D eigenvalue weighted by molar-refractivity contribution is 0.372. The van der Waals surface area contributed by atoms with E-state index in [0.29, 0.717) is 23.2 Å². The van der Waals surface area contributed by atoms with Crippen molar-refractivity contribution in [3.63, 3.8) is 0 Å². The van der Waals surface area contributed by atoms with Gasteiger partial charge in [-0.15, -0.1) is 11.3 Å². The van der Waals surface area contributed by atoms with Crippen molar-refractivity contribution >= 4 is 44.7 Å². The van der Waals surface area contributed by atoms with E-state index in [4.69, 9.17) is 0 Å². The van der Waals surface area contributed by atoms with Gasteiger partial charge in [-0.3, -0.25) is 0 Å². The van der Waals surface area contributed by atoms with Gasteiger partial charge in [-0.25, -0.2) is 14.4 Å². The highest BCUT2D eigenvalue weighted by atomic mass is 32.2. The summed E-state index contributed by atoms with van der Waals surface area (Å²) in [5.74, 6) is 0.314. The Morgan fingerprint density at radius 3 is 2.96 bits per heavy atom. The number of rotatable bonds is 3. The van der Waals surface area contributed by atoms with Crippen molar-refractivity contribution in [2.24, 2.45) is 5.92 Å². The molecular weight excluding hydrogens is 379 g/mol. The van der Waals surface area contributed by atoms with Gasteiger partial charge in [-0.2, -0.15) is 0 Å². The van der Waals surface area contributed by atoms with Crippen LogP contribution in [0.1, 0.15) is 25.8 Å². The fourth-order valence-corrected chi connectivity index (χ4v) is 6.72. The molecule has 2 N–H and O–H groups in total. The van der Waals surface area contributed by atoms with Gasteiger partial charge in [-0.1, -0.05) is 11.8 Å². The lowest BCUT2D eigenvalue weighted by atomic mass is 9.83. The number of hydrogen-bond acceptors (Lipinski definition) is 6. The van der Waals surface area contributed by atoms with E-state index in [1.165, 1.54) is 23.3 Å². The molecular formula is C20H21FN4S2. The summed E-state index contributed by atoms with van der Waals surface area (Å²) in [5.41, 5.74) is 4.72. The lowest BCUT2D eigenvalue weighted by Gasteiger charge is -2.32. The first-order chi connectivity index (χ1) is 13.0. The maximum absolute atomic E-state index is 14.8. The Morgan fingerprint density at radius 2 is 2.15 bits per heavy atom. The summed E-state index contributed by atoms with van der Waals surface area (Å²) in [6.45, 7) is 5.70. The van der Waals surface area contributed by atoms with Crippen molar-refractivity contribution in [3.05, 3.63) is 41.3 Å². The molecule has 0 aliphatic carbocycles. The largest absolute Gasteiger partial charge is 0.353 e. The molecule has 27 heavy (non-hydrogen) atoms. The van der Waals surface area contributed by atoms with Crippen LogP contribution in [-0.4, -0.2) is 27.3 Å². The fraction of sp³-hybridized carbons (Fsp3) is 0.400. The highest BCUT2D eigenvalue weighted by Crippen LogP contribution is 2.52. The molecule has 7 heteroatoms. The molecule has 140 valence electrons. The molecule has 0 radical (unpaired) electrons. The molecule has 2 aromatic heterocycles. The molecule has 2 aliphatic rings. The number of nitrogens with one attached hydrogen (secondary N) is 2. The van der Waals surface area contributed by atoms with Crippen LogP contribution in [0.25, 0.3) is 10.2 Å². The minimum atomic E-state index is -0.290. The average molecular weight is 401 g/mol. The van der Waals surface area contributed by atoms with E-state index in [0.717, 1.165) is 28.4 Å². The Morgan fingerprint density at radius 1 is 1.26 bits per heavy atom. The summed E-state index contributed by atoms with van der Waals surface area (Å²) >= 11 is 3.33. The molecule has 3 aromatic rings. The van der Waals surface area contributed by atoms with Crippen LogP contribution in [0.3, 0.4) is 0 Å². The molecule has 3 atom stereocenters. The summed E-state index contributed by atoms with van der Waals surface area (Å²) in [6, 6.07) is 6.18. The first-order valence-corrected chi connectivity index (χ1v) is 10.9. The summed E-state index contributed by atoms with van der Waals surface area (Å²) in [7, 11) is 0. The van der Waals surface area contributed by atoms with Crippen LogP contribution >= 0.6 is 23.1 Å². The number of halogens is 1. The van der Waals surface area contributed by atoms with E-state index in [-0.39, 0.29) is 10.6 Å². The minimum absolute atomic E-state index is 0.118. The summed E-state index contributed by atoms with van der Waals surface area (Å²) in [4.78, 5) is 8.77. The molecule has 1 saturated heterocycles. The molecule has 2 aliphatic heterocycles. The van der Waals surface area contributed by atoms with Gasteiger partial charge in [0, 0.05) is 28.2 Å². The Labute approximate surface area is 166 Å². The summed E-state index contributed by atoms with van der Waals surface area (Å²) < 4.78 is 15.8. The van der Waals surface area contributed by atoms with Crippen molar-refractivity contribution in [2.45, 2.75) is 42.5 Å². The Hall–Kier alpha value is -1.70. The maximum Gasteiger partial charge on any atom is 0.173 e. The van der Waals surface area contributed by atoms with Crippen LogP contribution in [0.15, 0.2) is 34.9 Å². The van der Waals surface area contributed by atoms with Crippen LogP contribution in [-0.2, 0) is 6.42 Å². The molecule has 1 aromatic carbocycles. The third-order valence-corrected chi connectivity index (χ3v) is 8.15. The van der Waals surface area contributed by atoms with Crippen LogP contribution < -0.4 is 10.6 Å². The van der Waals surface area contributed by atoms with E-state index in [9.17, 15) is 4.39 Å². The molecule has 5 rings (SSSR count). The fourth-order valence-electron chi connectivity index (χ4n) is 4.50. The van der Waals surface area contributed by atoms with Gasteiger partial charge in [0.25, 0.3) is 0 Å². The van der Waals surface area contributed by atoms with Crippen LogP contribution in [0.4, 0.5) is 15.8 Å². The van der Waals surface area contributed by atoms with Gasteiger partial charge >= 0.3 is 0 Å². The predicted molar refractivity (Wildman–Crippen MR) is 111 cm³/mol. The predicted octanol–water partition coefficient (Wildman–Crippen LogP) is 4.98. The molecule has 0 saturated carbocycles. The lowest BCUT2D eigenvalue weighted by Crippen LogP contribution is -2.38. The third-order valence-electron chi connectivity index (χ3n) is 5.89. The molecule has 0 amide bonds. The highest BCUT2D eigenvalue weighted by molar-refractivity contribution is 8.01. The summed E-state index contributed by atoms with van der Waals surface area (Å²) in [5, 5.41) is 7.95. The number of benzene rings is 1. The minimum Gasteiger partial charge on any atom is -0.353 e. The number of anilines is 2. The van der Waals surface area contributed by atoms with E-state index in [1.54, 1.807) is 11.6 Å². The summed E-state index contributed by atoms with van der Waals surface area (Å²) in [6.07, 6.45) is 3.95. The smallest absolute Gasteiger partial charge is 0.173 e. The van der Waals surface area contributed by atoms with Crippen molar-refractivity contribution in [1.82, 2.24) is 15.3 Å². The van der Waals surface area contributed by atoms with Crippen molar-refractivity contribution in [3.8, 4) is 0 Å². The van der Waals surface area contributed by atoms with Gasteiger partial charge in [-0.05, 0) is 57.4 Å². The standard InChI is InChI=1S/C20H21FN4S2/c1-11-13(5-7-22-11)20(2)9-12-14(6-8-23-19(12)27-20)25-15-3-4-16-18(17(15)21)24-10-26-16/h3-4,6,8,10-11,13,22H,5,7,9H2,1-2H3,(H,23,25)/t11-,13+,20?/m0/s1. The molecule has 1 fully saturated rings. The second-order valence-electron chi connectivity index (χ2n) is 7.62. The Kier molecular flexibility index (Phi) is 4.14. The SMILES string of the molecule is C[C@@H]1NCC[C@H]1C1(C)Cc2c(Nc3ccc4scnc4c3F)ccnc2S1. The van der Waals surface area contributed by atoms with E-state index in [2.05, 4.69) is 34.4 Å². The normalized spacial score (nSPS) is 27.2. The van der Waals surface area contributed by atoms with Gasteiger partial charge in [0.1, 0.15) is 10.5 Å². The second kappa shape index (κ2) is 6.43. The number of pyridine rings is 1. The average Bonchev–Trinajstić information content (AvgIpc) is 3.35. The molecule has 0 bridgehead atoms. The van der Waals surface area contributed by atoms with E-state index in [1.807, 2.05) is 30.1 Å². The topological polar surface area (TPSA) is 49.8 Å². The zero-order chi connectivity index (χ0) is 18.6. The van der Waals surface area contributed by atoms with Gasteiger partial charge in [0.2, 0.25) is 0 Å². The Balaban J connectivity index is 1.48. The number of thioether (sulfide) groups is 1. The van der Waals surface area contributed by atoms with E-state index < -0.39 is 0 Å². The van der Waals surface area contributed by atoms with Crippen molar-refractivity contribution in [1.29, 1.82) is 0 Å². The maximum atomic E-state index is 14.8. The zero-order valence-electron chi connectivity index (χ0n) is 15.3. The molecule has 4 nitrogen and oxygen atoms in total. The van der Waals surface area contributed by atoms with Gasteiger partial charge in [0.05, 0.1) is 15.9 Å². The van der Waals surface area contributed by atoms with Gasteiger partial charge in [0.15, 0.2) is 5.82 Å². The quantitative estimate of drug-likeness (QED) is 0.649. The molecule has 0 spiro atoms. The first kappa shape index (κ1) is 17.4. The molecule has 1 unspecified atom stereocenters. The number of thiazole rings is 1. The number of hydrogen-bond donors (Lipinski definition) is 2. The zero-order valence-corrected chi connectivity index (χ0v) is 16.9. The van der Waals surface area contributed by atoms with Crippen molar-refractivity contribution in [2.75, 3.05) is 11.9 Å². The number of nitrogens with zero attached hydrogens (tertiary/aromatic N) is 2. The number of fused-ring (bicyclic) bond motifs is 2. The Bertz CT molecular complexity index is 1020. The number of aromatic nitrogens is 2. The third kappa shape index (κ3) is 2.83. The van der Waals surface area contributed by atoms with Crippen molar-refractivity contribution < 1.29 is 4.39 Å². The van der Waals surface area contributed by atoms with Crippen LogP contribution in [0.2, 0.25) is 0 Å². The van der Waals surface area contributed by atoms with Gasteiger partial charge < -0.3 is 10.6 Å². The highest BCUT2D eigenvalue weighted by Gasteiger charge is 2.46. The van der Waals surface area contributed by atoms with E-state index >= 15 is 0 Å². The first-order valence-electron chi connectivity index (χ1n) is 9.24. The van der Waals surface area contributed by atoms with Crippen LogP contribution in [0, 0.1) is 11.7 Å².